The summed E-state index contributed by atoms with van der Waals surface area (Å²) in [7, 11) is -4.16. The minimum Gasteiger partial charge on any atom is -0.481 e. The fourth-order valence-corrected chi connectivity index (χ4v) is 4.87. The number of benzene rings is 1. The Balaban J connectivity index is 2.11. The van der Waals surface area contributed by atoms with Gasteiger partial charge in [-0.25, -0.2) is 13.1 Å². The molecule has 0 radical (unpaired) electrons. The molecular weight excluding hydrogens is 395 g/mol. The third-order valence-corrected chi connectivity index (χ3v) is 5.89. The Labute approximate surface area is 152 Å². The lowest BCUT2D eigenvalue weighted by molar-refractivity contribution is -0.125. The van der Waals surface area contributed by atoms with E-state index in [1.807, 2.05) is 10.8 Å². The zero-order valence-corrected chi connectivity index (χ0v) is 15.3. The van der Waals surface area contributed by atoms with E-state index in [4.69, 9.17) is 33.2 Å². The number of halogens is 2. The van der Waals surface area contributed by atoms with E-state index in [1.54, 1.807) is 18.2 Å². The normalized spacial score (nSPS) is 12.2. The van der Waals surface area contributed by atoms with E-state index in [2.05, 4.69) is 0 Å². The number of amides is 1. The predicted octanol–water partition coefficient (Wildman–Crippen LogP) is 3.20. The van der Waals surface area contributed by atoms with Crippen LogP contribution < -0.4 is 9.46 Å². The monoisotopic (exact) mass is 404 g/mol. The van der Waals surface area contributed by atoms with Crippen molar-refractivity contribution in [3.05, 3.63) is 44.6 Å². The van der Waals surface area contributed by atoms with Crippen molar-refractivity contribution in [2.45, 2.75) is 17.9 Å². The van der Waals surface area contributed by atoms with Crippen molar-refractivity contribution in [3.8, 4) is 11.8 Å². The van der Waals surface area contributed by atoms with Crippen molar-refractivity contribution in [2.24, 2.45) is 0 Å². The van der Waals surface area contributed by atoms with E-state index < -0.39 is 22.0 Å². The van der Waals surface area contributed by atoms with E-state index in [-0.39, 0.29) is 19.3 Å². The van der Waals surface area contributed by atoms with Crippen LogP contribution in [0.1, 0.15) is 12.5 Å². The number of nitrogens with one attached hydrogen (secondary N) is 1. The van der Waals surface area contributed by atoms with Crippen LogP contribution >= 0.6 is 34.5 Å². The SMILES string of the molecule is C[C@@H](Oc1cccc(C#N)c1)C(=O)NS(=O)(=O)c1cc(Cl)sc1Cl. The molecule has 1 aromatic heterocycles. The molecule has 2 rings (SSSR count). The molecule has 0 unspecified atom stereocenters. The van der Waals surface area contributed by atoms with Gasteiger partial charge in [0.1, 0.15) is 15.0 Å². The highest BCUT2D eigenvalue weighted by Gasteiger charge is 2.26. The minimum absolute atomic E-state index is 0.0457. The number of hydrogen-bond donors (Lipinski definition) is 1. The highest BCUT2D eigenvalue weighted by Crippen LogP contribution is 2.34. The Morgan fingerprint density at radius 3 is 2.67 bits per heavy atom. The van der Waals surface area contributed by atoms with Gasteiger partial charge in [-0.05, 0) is 31.2 Å². The lowest BCUT2D eigenvalue weighted by Gasteiger charge is -2.14. The summed E-state index contributed by atoms with van der Waals surface area (Å²) < 4.78 is 31.7. The summed E-state index contributed by atoms with van der Waals surface area (Å²) in [5.41, 5.74) is 0.354. The average Bonchev–Trinajstić information content (AvgIpc) is 2.86. The topological polar surface area (TPSA) is 96.3 Å². The number of nitriles is 1. The molecule has 0 aliphatic rings. The van der Waals surface area contributed by atoms with Crippen LogP contribution in [0.25, 0.3) is 0 Å². The Kier molecular flexibility index (Phi) is 5.72. The van der Waals surface area contributed by atoms with E-state index in [0.717, 1.165) is 17.4 Å². The molecule has 24 heavy (non-hydrogen) atoms. The predicted molar refractivity (Wildman–Crippen MR) is 90.9 cm³/mol. The molecule has 126 valence electrons. The van der Waals surface area contributed by atoms with Crippen LogP contribution in [0.3, 0.4) is 0 Å². The molecule has 0 bridgehead atoms. The Morgan fingerprint density at radius 1 is 1.38 bits per heavy atom. The van der Waals surface area contributed by atoms with Gasteiger partial charge >= 0.3 is 0 Å². The molecule has 1 N–H and O–H groups in total. The molecule has 0 aliphatic carbocycles. The molecule has 0 saturated carbocycles. The molecule has 6 nitrogen and oxygen atoms in total. The zero-order valence-electron chi connectivity index (χ0n) is 12.1. The number of carbonyl (C=O) groups excluding carboxylic acids is 1. The molecule has 1 heterocycles. The Bertz CT molecular complexity index is 919. The maximum absolute atomic E-state index is 12.2. The van der Waals surface area contributed by atoms with Gasteiger partial charge in [-0.1, -0.05) is 29.3 Å². The standard InChI is InChI=1S/C14H10Cl2N2O4S2/c1-8(22-10-4-2-3-9(5-10)7-17)14(19)18-24(20,21)11-6-12(15)23-13(11)16/h2-6,8H,1H3,(H,18,19)/t8-/m1/s1. The first-order valence-electron chi connectivity index (χ1n) is 6.41. The summed E-state index contributed by atoms with van der Waals surface area (Å²) in [6.45, 7) is 1.38. The molecule has 1 aromatic carbocycles. The fourth-order valence-electron chi connectivity index (χ4n) is 1.68. The minimum atomic E-state index is -4.16. The molecule has 1 amide bonds. The molecule has 1 atom stereocenters. The van der Waals surface area contributed by atoms with Crippen molar-refractivity contribution in [3.63, 3.8) is 0 Å². The largest absolute Gasteiger partial charge is 0.481 e. The number of thiophene rings is 1. The maximum atomic E-state index is 12.2. The van der Waals surface area contributed by atoms with Crippen molar-refractivity contribution >= 4 is 50.5 Å². The summed E-state index contributed by atoms with van der Waals surface area (Å²) in [4.78, 5) is 11.8. The van der Waals surface area contributed by atoms with E-state index >= 15 is 0 Å². The smallest absolute Gasteiger partial charge is 0.274 e. The second kappa shape index (κ2) is 7.40. The van der Waals surface area contributed by atoms with E-state index in [1.165, 1.54) is 13.0 Å². The van der Waals surface area contributed by atoms with Crippen LogP contribution in [0.4, 0.5) is 0 Å². The molecule has 0 saturated heterocycles. The summed E-state index contributed by atoms with van der Waals surface area (Å²) in [6, 6.07) is 9.24. The molecule has 2 aromatic rings. The second-order valence-electron chi connectivity index (χ2n) is 4.56. The molecular formula is C14H10Cl2N2O4S2. The van der Waals surface area contributed by atoms with Crippen LogP contribution in [0.2, 0.25) is 8.67 Å². The van der Waals surface area contributed by atoms with E-state index in [9.17, 15) is 13.2 Å². The quantitative estimate of drug-likeness (QED) is 0.824. The van der Waals surface area contributed by atoms with Gasteiger partial charge in [-0.2, -0.15) is 5.26 Å². The van der Waals surface area contributed by atoms with Crippen molar-refractivity contribution in [1.29, 1.82) is 5.26 Å². The Hall–Kier alpha value is -1.79. The van der Waals surface area contributed by atoms with Gasteiger partial charge in [-0.15, -0.1) is 11.3 Å². The van der Waals surface area contributed by atoms with Gasteiger partial charge < -0.3 is 4.74 Å². The average molecular weight is 405 g/mol. The third-order valence-electron chi connectivity index (χ3n) is 2.80. The van der Waals surface area contributed by atoms with Gasteiger partial charge in [0.2, 0.25) is 0 Å². The molecule has 0 spiro atoms. The summed E-state index contributed by atoms with van der Waals surface area (Å²) >= 11 is 12.4. The number of nitrogens with zero attached hydrogens (tertiary/aromatic N) is 1. The molecule has 0 fully saturated rings. The first-order chi connectivity index (χ1) is 11.2. The van der Waals surface area contributed by atoms with Gasteiger partial charge in [0.25, 0.3) is 15.9 Å². The molecule has 0 aliphatic heterocycles. The number of ether oxygens (including phenoxy) is 1. The van der Waals surface area contributed by atoms with Crippen molar-refractivity contribution < 1.29 is 17.9 Å². The van der Waals surface area contributed by atoms with Crippen LogP contribution in [-0.4, -0.2) is 20.4 Å². The van der Waals surface area contributed by atoms with Crippen LogP contribution in [0.5, 0.6) is 5.75 Å². The lowest BCUT2D eigenvalue weighted by Crippen LogP contribution is -2.39. The first-order valence-corrected chi connectivity index (χ1v) is 9.47. The third kappa shape index (κ3) is 4.39. The Morgan fingerprint density at radius 2 is 2.08 bits per heavy atom. The van der Waals surface area contributed by atoms with Gasteiger partial charge in [0.15, 0.2) is 6.10 Å². The number of hydrogen-bond acceptors (Lipinski definition) is 6. The van der Waals surface area contributed by atoms with Gasteiger partial charge in [-0.3, -0.25) is 4.79 Å². The number of carbonyl (C=O) groups is 1. The highest BCUT2D eigenvalue weighted by molar-refractivity contribution is 7.90. The van der Waals surface area contributed by atoms with E-state index in [0.29, 0.717) is 5.56 Å². The van der Waals surface area contributed by atoms with Gasteiger partial charge in [0.05, 0.1) is 16.0 Å². The molecule has 10 heteroatoms. The first kappa shape index (κ1) is 18.5. The fraction of sp³-hybridized carbons (Fsp3) is 0.143. The zero-order chi connectivity index (χ0) is 17.9. The van der Waals surface area contributed by atoms with Crippen molar-refractivity contribution in [2.75, 3.05) is 0 Å². The highest BCUT2D eigenvalue weighted by atomic mass is 35.5. The summed E-state index contributed by atoms with van der Waals surface area (Å²) in [5, 5.41) is 8.83. The maximum Gasteiger partial charge on any atom is 0.274 e. The van der Waals surface area contributed by atoms with Crippen molar-refractivity contribution in [1.82, 2.24) is 4.72 Å². The van der Waals surface area contributed by atoms with Crippen LogP contribution in [0, 0.1) is 11.3 Å². The summed E-state index contributed by atoms with van der Waals surface area (Å²) in [6.07, 6.45) is -1.11. The van der Waals surface area contributed by atoms with Crippen LogP contribution in [0.15, 0.2) is 35.2 Å². The lowest BCUT2D eigenvalue weighted by atomic mass is 10.2. The van der Waals surface area contributed by atoms with Crippen LogP contribution in [-0.2, 0) is 14.8 Å². The second-order valence-corrected chi connectivity index (χ2v) is 8.49. The van der Waals surface area contributed by atoms with Gasteiger partial charge in [0, 0.05) is 0 Å². The number of sulfonamides is 1. The summed E-state index contributed by atoms with van der Waals surface area (Å²) in [5.74, 6) is -0.610. The number of rotatable bonds is 5.